The van der Waals surface area contributed by atoms with Crippen LogP contribution in [-0.4, -0.2) is 84.7 Å². The lowest BCUT2D eigenvalue weighted by molar-refractivity contribution is -0.191. The molecule has 164 valence electrons. The molecule has 1 spiro atoms. The van der Waals surface area contributed by atoms with Crippen molar-refractivity contribution in [1.29, 1.82) is 0 Å². The number of nitrogens with one attached hydrogen (secondary N) is 1. The van der Waals surface area contributed by atoms with Gasteiger partial charge < -0.3 is 29.3 Å². The van der Waals surface area contributed by atoms with Gasteiger partial charge in [-0.05, 0) is 39.5 Å². The molecule has 3 fully saturated rings. The largest absolute Gasteiger partial charge is 0.444 e. The van der Waals surface area contributed by atoms with Gasteiger partial charge in [-0.2, -0.15) is 0 Å². The molecule has 4 rings (SSSR count). The molecule has 2 atom stereocenters. The molecule has 0 bridgehead atoms. The zero-order chi connectivity index (χ0) is 20.6. The third kappa shape index (κ3) is 4.79. The molecule has 1 aliphatic carbocycles. The van der Waals surface area contributed by atoms with Crippen LogP contribution < -0.4 is 5.32 Å². The van der Waals surface area contributed by atoms with Crippen molar-refractivity contribution in [1.82, 2.24) is 15.1 Å². The SMILES string of the molecule is CC1CCC2(CC1)OCC(CNC1=NCC3CN(C(=O)OC(C)(C)C)CCN13)O2. The number of aliphatic imine (C=N–C) groups is 1. The van der Waals surface area contributed by atoms with Gasteiger partial charge in [0.2, 0.25) is 0 Å². The number of hydrogen-bond acceptors (Lipinski definition) is 7. The summed E-state index contributed by atoms with van der Waals surface area (Å²) in [6.07, 6.45) is 4.18. The fraction of sp³-hybridized carbons (Fsp3) is 0.905. The monoisotopic (exact) mass is 408 g/mol. The van der Waals surface area contributed by atoms with Crippen molar-refractivity contribution in [3.63, 3.8) is 0 Å². The summed E-state index contributed by atoms with van der Waals surface area (Å²) in [6, 6.07) is 0.214. The van der Waals surface area contributed by atoms with Crippen LogP contribution in [0.4, 0.5) is 4.79 Å². The van der Waals surface area contributed by atoms with E-state index >= 15 is 0 Å². The highest BCUT2D eigenvalue weighted by Crippen LogP contribution is 2.39. The highest BCUT2D eigenvalue weighted by Gasteiger charge is 2.44. The molecule has 4 aliphatic rings. The lowest BCUT2D eigenvalue weighted by Gasteiger charge is -2.39. The van der Waals surface area contributed by atoms with Gasteiger partial charge in [-0.1, -0.05) is 6.92 Å². The average molecular weight is 409 g/mol. The van der Waals surface area contributed by atoms with Gasteiger partial charge in [0.25, 0.3) is 0 Å². The molecule has 1 amide bonds. The lowest BCUT2D eigenvalue weighted by Crippen LogP contribution is -2.58. The van der Waals surface area contributed by atoms with E-state index in [0.29, 0.717) is 32.8 Å². The second-order valence-electron chi connectivity index (χ2n) is 9.96. The maximum Gasteiger partial charge on any atom is 0.410 e. The molecular formula is C21H36N4O4. The summed E-state index contributed by atoms with van der Waals surface area (Å²) in [5.74, 6) is 1.34. The Balaban J connectivity index is 1.23. The van der Waals surface area contributed by atoms with E-state index in [-0.39, 0.29) is 24.0 Å². The first-order valence-electron chi connectivity index (χ1n) is 11.1. The van der Waals surface area contributed by atoms with Gasteiger partial charge >= 0.3 is 6.09 Å². The number of nitrogens with zero attached hydrogens (tertiary/aromatic N) is 3. The fourth-order valence-electron chi connectivity index (χ4n) is 4.61. The minimum atomic E-state index is -0.468. The van der Waals surface area contributed by atoms with E-state index in [1.165, 1.54) is 12.8 Å². The van der Waals surface area contributed by atoms with Crippen LogP contribution in [0.5, 0.6) is 0 Å². The molecule has 3 aliphatic heterocycles. The van der Waals surface area contributed by atoms with E-state index in [9.17, 15) is 4.79 Å². The number of piperazine rings is 1. The van der Waals surface area contributed by atoms with Gasteiger partial charge in [0.15, 0.2) is 11.7 Å². The van der Waals surface area contributed by atoms with Crippen LogP contribution in [0, 0.1) is 5.92 Å². The number of carbonyl (C=O) groups is 1. The summed E-state index contributed by atoms with van der Waals surface area (Å²) >= 11 is 0. The number of carbonyl (C=O) groups excluding carboxylic acids is 1. The van der Waals surface area contributed by atoms with Gasteiger partial charge in [0.05, 0.1) is 19.2 Å². The number of ether oxygens (including phenoxy) is 3. The maximum absolute atomic E-state index is 12.4. The van der Waals surface area contributed by atoms with Crippen LogP contribution in [0.1, 0.15) is 53.4 Å². The quantitative estimate of drug-likeness (QED) is 0.755. The molecule has 0 aromatic rings. The summed E-state index contributed by atoms with van der Waals surface area (Å²) in [7, 11) is 0. The molecule has 2 unspecified atom stereocenters. The third-order valence-corrected chi connectivity index (χ3v) is 6.30. The summed E-state index contributed by atoms with van der Waals surface area (Å²) in [5, 5.41) is 3.47. The Hall–Kier alpha value is -1.54. The van der Waals surface area contributed by atoms with Crippen molar-refractivity contribution in [2.24, 2.45) is 10.9 Å². The van der Waals surface area contributed by atoms with Crippen LogP contribution in [0.3, 0.4) is 0 Å². The molecular weight excluding hydrogens is 372 g/mol. The van der Waals surface area contributed by atoms with Crippen molar-refractivity contribution in [2.75, 3.05) is 39.3 Å². The van der Waals surface area contributed by atoms with E-state index in [4.69, 9.17) is 14.2 Å². The summed E-state index contributed by atoms with van der Waals surface area (Å²) in [4.78, 5) is 21.1. The minimum absolute atomic E-state index is 0.0632. The van der Waals surface area contributed by atoms with Crippen LogP contribution >= 0.6 is 0 Å². The summed E-state index contributed by atoms with van der Waals surface area (Å²) in [5.41, 5.74) is -0.468. The number of rotatable bonds is 2. The predicted octanol–water partition coefficient (Wildman–Crippen LogP) is 2.19. The van der Waals surface area contributed by atoms with Gasteiger partial charge in [0, 0.05) is 39.0 Å². The summed E-state index contributed by atoms with van der Waals surface area (Å²) in [6.45, 7) is 12.1. The number of guanidine groups is 1. The Labute approximate surface area is 173 Å². The Kier molecular flexibility index (Phi) is 5.68. The van der Waals surface area contributed by atoms with Crippen molar-refractivity contribution in [2.45, 2.75) is 76.9 Å². The van der Waals surface area contributed by atoms with Crippen molar-refractivity contribution >= 4 is 12.1 Å². The molecule has 8 heteroatoms. The van der Waals surface area contributed by atoms with Crippen LogP contribution in [0.25, 0.3) is 0 Å². The zero-order valence-corrected chi connectivity index (χ0v) is 18.3. The van der Waals surface area contributed by atoms with Crippen LogP contribution in [-0.2, 0) is 14.2 Å². The molecule has 1 N–H and O–H groups in total. The average Bonchev–Trinajstić information content (AvgIpc) is 3.25. The normalized spacial score (nSPS) is 34.9. The Bertz CT molecular complexity index is 639. The molecule has 0 aromatic heterocycles. The van der Waals surface area contributed by atoms with Crippen molar-refractivity contribution in [3.05, 3.63) is 0 Å². The minimum Gasteiger partial charge on any atom is -0.444 e. The number of amides is 1. The fourth-order valence-corrected chi connectivity index (χ4v) is 4.61. The first-order chi connectivity index (χ1) is 13.7. The molecule has 8 nitrogen and oxygen atoms in total. The van der Waals surface area contributed by atoms with E-state index < -0.39 is 5.60 Å². The highest BCUT2D eigenvalue weighted by atomic mass is 16.7. The van der Waals surface area contributed by atoms with Crippen LogP contribution in [0.2, 0.25) is 0 Å². The van der Waals surface area contributed by atoms with Crippen molar-refractivity contribution < 1.29 is 19.0 Å². The van der Waals surface area contributed by atoms with E-state index in [0.717, 1.165) is 31.3 Å². The Morgan fingerprint density at radius 2 is 2.07 bits per heavy atom. The van der Waals surface area contributed by atoms with Crippen LogP contribution in [0.15, 0.2) is 4.99 Å². The van der Waals surface area contributed by atoms with Gasteiger partial charge in [-0.15, -0.1) is 0 Å². The molecule has 1 saturated carbocycles. The molecule has 2 saturated heterocycles. The first-order valence-corrected chi connectivity index (χ1v) is 11.1. The lowest BCUT2D eigenvalue weighted by atomic mass is 9.86. The Morgan fingerprint density at radius 1 is 1.31 bits per heavy atom. The first kappa shape index (κ1) is 20.7. The summed E-state index contributed by atoms with van der Waals surface area (Å²) < 4.78 is 17.9. The highest BCUT2D eigenvalue weighted by molar-refractivity contribution is 5.82. The zero-order valence-electron chi connectivity index (χ0n) is 18.3. The van der Waals surface area contributed by atoms with Gasteiger partial charge in [-0.25, -0.2) is 4.79 Å². The Morgan fingerprint density at radius 3 is 2.79 bits per heavy atom. The number of hydrogen-bond donors (Lipinski definition) is 1. The third-order valence-electron chi connectivity index (χ3n) is 6.30. The standard InChI is InChI=1S/C21H36N4O4/c1-15-5-7-21(8-6-15)27-14-17(28-21)12-23-18-22-11-16-13-24(9-10-25(16)18)19(26)29-20(2,3)4/h15-17H,5-14H2,1-4H3,(H,22,23). The second kappa shape index (κ2) is 7.95. The molecule has 0 aromatic carbocycles. The smallest absolute Gasteiger partial charge is 0.410 e. The van der Waals surface area contributed by atoms with E-state index in [1.54, 1.807) is 4.90 Å². The molecule has 29 heavy (non-hydrogen) atoms. The maximum atomic E-state index is 12.4. The van der Waals surface area contributed by atoms with Crippen molar-refractivity contribution in [3.8, 4) is 0 Å². The van der Waals surface area contributed by atoms with E-state index in [1.807, 2.05) is 20.8 Å². The number of fused-ring (bicyclic) bond motifs is 1. The van der Waals surface area contributed by atoms with Gasteiger partial charge in [0.1, 0.15) is 11.7 Å². The van der Waals surface area contributed by atoms with E-state index in [2.05, 4.69) is 22.1 Å². The molecule has 3 heterocycles. The second-order valence-corrected chi connectivity index (χ2v) is 9.96. The topological polar surface area (TPSA) is 75.6 Å². The molecule has 0 radical (unpaired) electrons. The predicted molar refractivity (Wildman–Crippen MR) is 110 cm³/mol. The van der Waals surface area contributed by atoms with Gasteiger partial charge in [-0.3, -0.25) is 4.99 Å².